The summed E-state index contributed by atoms with van der Waals surface area (Å²) in [5.74, 6) is -3.64. The molecule has 0 radical (unpaired) electrons. The lowest BCUT2D eigenvalue weighted by Crippen LogP contribution is -2.61. The molecular formula is C42H54F3N5O11S2. The van der Waals surface area contributed by atoms with Crippen molar-refractivity contribution in [1.29, 1.82) is 0 Å². The molecule has 346 valence electrons. The van der Waals surface area contributed by atoms with E-state index in [1.165, 1.54) is 37.8 Å². The highest BCUT2D eigenvalue weighted by Gasteiger charge is 2.64. The minimum absolute atomic E-state index is 0.0294. The van der Waals surface area contributed by atoms with Crippen LogP contribution in [0.5, 0.6) is 11.5 Å². The van der Waals surface area contributed by atoms with Crippen molar-refractivity contribution in [2.45, 2.75) is 145 Å². The van der Waals surface area contributed by atoms with Gasteiger partial charge < -0.3 is 24.8 Å². The molecule has 1 spiro atoms. The minimum Gasteiger partial charge on any atom is -0.483 e. The molecule has 5 atom stereocenters. The predicted molar refractivity (Wildman–Crippen MR) is 223 cm³/mol. The predicted octanol–water partition coefficient (Wildman–Crippen LogP) is 5.06. The molecule has 1 saturated heterocycles. The number of halogens is 3. The number of sulfone groups is 1. The number of aryl methyl sites for hydroxylation is 2. The summed E-state index contributed by atoms with van der Waals surface area (Å²) in [4.78, 5) is 64.2. The Hall–Kier alpha value is -4.66. The number of aromatic nitrogens is 1. The third kappa shape index (κ3) is 9.45. The number of fused-ring (bicyclic) bond motifs is 5. The number of hydrogen-bond acceptors (Lipinski definition) is 11. The number of ether oxygens (including phenoxy) is 2. The Balaban J connectivity index is 1.29. The zero-order chi connectivity index (χ0) is 46.1. The highest BCUT2D eigenvalue weighted by molar-refractivity contribution is 7.91. The maximum atomic E-state index is 15.3. The van der Waals surface area contributed by atoms with Crippen molar-refractivity contribution in [3.05, 3.63) is 41.6 Å². The zero-order valence-corrected chi connectivity index (χ0v) is 37.5. The summed E-state index contributed by atoms with van der Waals surface area (Å²) < 4.78 is 103. The summed E-state index contributed by atoms with van der Waals surface area (Å²) in [5, 5.41) is 13.9. The normalized spacial score (nSPS) is 28.0. The SMILES string of the molecule is Cc1nc2ccc(OC(F)(F)F)cc2c2c1O[C@]1(CC2)C[C@H]2C(=O)N[C@]3(C(=O)NS(=O)(=O)C4(C)CC4)C[C@H]3/C=C\CCCCC[C@H](N(C(=O)O)C(C)(C)CCS(C)(=O)=O)C(=O)N2C1. The number of allylic oxidation sites excluding steroid dienone is 1. The van der Waals surface area contributed by atoms with Gasteiger partial charge in [-0.3, -0.25) is 24.0 Å². The van der Waals surface area contributed by atoms with Crippen LogP contribution in [0.3, 0.4) is 0 Å². The second-order valence-electron chi connectivity index (χ2n) is 18.8. The molecule has 16 nitrogen and oxygen atoms in total. The number of pyridine rings is 1. The Morgan fingerprint density at radius 1 is 1.10 bits per heavy atom. The highest BCUT2D eigenvalue weighted by Crippen LogP contribution is 2.49. The van der Waals surface area contributed by atoms with Gasteiger partial charge in [-0.25, -0.2) is 26.6 Å². The molecule has 7 rings (SSSR count). The second kappa shape index (κ2) is 16.1. The quantitative estimate of drug-likeness (QED) is 0.281. The molecule has 5 aliphatic rings. The van der Waals surface area contributed by atoms with Gasteiger partial charge >= 0.3 is 12.5 Å². The first kappa shape index (κ1) is 46.3. The Morgan fingerprint density at radius 2 is 1.81 bits per heavy atom. The molecule has 0 unspecified atom stereocenters. The lowest BCUT2D eigenvalue weighted by molar-refractivity contribution is -0.274. The molecule has 63 heavy (non-hydrogen) atoms. The van der Waals surface area contributed by atoms with Crippen molar-refractivity contribution in [1.82, 2.24) is 24.8 Å². The van der Waals surface area contributed by atoms with Gasteiger partial charge in [0.05, 0.1) is 28.3 Å². The summed E-state index contributed by atoms with van der Waals surface area (Å²) in [6.07, 6.45) is 1.24. The van der Waals surface area contributed by atoms with Crippen molar-refractivity contribution >= 4 is 54.6 Å². The number of carbonyl (C=O) groups is 4. The smallest absolute Gasteiger partial charge is 0.483 e. The molecule has 1 aromatic heterocycles. The zero-order valence-electron chi connectivity index (χ0n) is 35.8. The summed E-state index contributed by atoms with van der Waals surface area (Å²) in [5.41, 5.74) is -3.08. The van der Waals surface area contributed by atoms with Crippen molar-refractivity contribution in [3.8, 4) is 11.5 Å². The summed E-state index contributed by atoms with van der Waals surface area (Å²) in [7, 11) is -7.67. The van der Waals surface area contributed by atoms with Crippen LogP contribution in [0.25, 0.3) is 10.9 Å². The largest absolute Gasteiger partial charge is 0.573 e. The fourth-order valence-corrected chi connectivity index (χ4v) is 11.5. The number of alkyl halides is 3. The van der Waals surface area contributed by atoms with E-state index >= 15 is 4.79 Å². The molecule has 3 aliphatic heterocycles. The first-order valence-corrected chi connectivity index (χ1v) is 24.7. The van der Waals surface area contributed by atoms with Crippen LogP contribution in [0.4, 0.5) is 18.0 Å². The fourth-order valence-electron chi connectivity index (χ4n) is 9.32. The molecule has 4 heterocycles. The van der Waals surface area contributed by atoms with Crippen LogP contribution in [0.1, 0.15) is 103 Å². The molecule has 2 aliphatic carbocycles. The van der Waals surface area contributed by atoms with Crippen LogP contribution >= 0.6 is 0 Å². The standard InChI is InChI=1S/C42H54F3N5O11S2/c1-25-33-28(29-21-27(60-42(43,44)45)13-14-30(29)46-25)15-16-40(61-33)23-32-34(51)47-41(36(53)48-63(58,59)39(4)17-18-39)22-26(41)11-9-7-6-8-10-12-31(35(52)49(32)24-40)50(37(54)55)38(2,3)19-20-62(5,56)57/h9,11,13-14,21,26,31-32H,6-8,10,12,15-20,22-24H2,1-5H3,(H,47,51)(H,48,53)(H,54,55)/b11-9-/t26-,31+,32+,40-,41-/m1/s1. The maximum absolute atomic E-state index is 15.3. The van der Waals surface area contributed by atoms with Gasteiger partial charge in [0.25, 0.3) is 5.91 Å². The van der Waals surface area contributed by atoms with E-state index < -0.39 is 95.2 Å². The highest BCUT2D eigenvalue weighted by atomic mass is 32.2. The average molecular weight is 926 g/mol. The number of benzene rings is 1. The Morgan fingerprint density at radius 3 is 2.46 bits per heavy atom. The van der Waals surface area contributed by atoms with Crippen LogP contribution in [0.2, 0.25) is 0 Å². The summed E-state index contributed by atoms with van der Waals surface area (Å²) in [6.45, 7) is 6.00. The van der Waals surface area contributed by atoms with Gasteiger partial charge in [-0.2, -0.15) is 0 Å². The Kier molecular flexibility index (Phi) is 11.8. The van der Waals surface area contributed by atoms with E-state index in [1.54, 1.807) is 13.0 Å². The van der Waals surface area contributed by atoms with E-state index in [1.807, 2.05) is 6.08 Å². The number of hydrogen-bond donors (Lipinski definition) is 3. The molecule has 2 saturated carbocycles. The first-order valence-electron chi connectivity index (χ1n) is 21.1. The molecular weight excluding hydrogens is 872 g/mol. The van der Waals surface area contributed by atoms with Gasteiger partial charge in [-0.05, 0) is 104 Å². The molecule has 2 aromatic rings. The van der Waals surface area contributed by atoms with Gasteiger partial charge in [0.1, 0.15) is 44.6 Å². The lowest BCUT2D eigenvalue weighted by Gasteiger charge is -2.43. The monoisotopic (exact) mass is 925 g/mol. The third-order valence-corrected chi connectivity index (χ3v) is 16.5. The first-order chi connectivity index (χ1) is 29.2. The molecule has 21 heteroatoms. The van der Waals surface area contributed by atoms with Crippen LogP contribution in [-0.4, -0.2) is 119 Å². The lowest BCUT2D eigenvalue weighted by atomic mass is 9.87. The van der Waals surface area contributed by atoms with Crippen molar-refractivity contribution in [2.24, 2.45) is 5.92 Å². The van der Waals surface area contributed by atoms with Crippen LogP contribution in [0.15, 0.2) is 30.4 Å². The summed E-state index contributed by atoms with van der Waals surface area (Å²) in [6, 6.07) is 0.998. The van der Waals surface area contributed by atoms with E-state index in [4.69, 9.17) is 4.74 Å². The number of carbonyl (C=O) groups excluding carboxylic acids is 3. The minimum atomic E-state index is -4.95. The van der Waals surface area contributed by atoms with Crippen molar-refractivity contribution in [3.63, 3.8) is 0 Å². The number of sulfonamides is 1. The van der Waals surface area contributed by atoms with Crippen LogP contribution in [0, 0.1) is 12.8 Å². The van der Waals surface area contributed by atoms with Gasteiger partial charge in [-0.1, -0.05) is 25.0 Å². The van der Waals surface area contributed by atoms with Crippen LogP contribution in [-0.2, 0) is 40.7 Å². The average Bonchev–Trinajstić information content (AvgIpc) is 4.06. The molecule has 3 fully saturated rings. The van der Waals surface area contributed by atoms with Gasteiger partial charge in [-0.15, -0.1) is 13.2 Å². The maximum Gasteiger partial charge on any atom is 0.573 e. The number of nitrogens with one attached hydrogen (secondary N) is 2. The second-order valence-corrected chi connectivity index (χ2v) is 23.2. The van der Waals surface area contributed by atoms with Gasteiger partial charge in [0.15, 0.2) is 0 Å². The Bertz CT molecular complexity index is 2480. The summed E-state index contributed by atoms with van der Waals surface area (Å²) >= 11 is 0. The van der Waals surface area contributed by atoms with E-state index in [0.29, 0.717) is 60.7 Å². The van der Waals surface area contributed by atoms with E-state index in [0.717, 1.165) is 17.2 Å². The topological polar surface area (TPSA) is 219 Å². The number of nitrogens with zero attached hydrogens (tertiary/aromatic N) is 3. The molecule has 0 bridgehead atoms. The van der Waals surface area contributed by atoms with E-state index in [2.05, 4.69) is 19.8 Å². The number of rotatable bonds is 9. The van der Waals surface area contributed by atoms with Gasteiger partial charge in [0.2, 0.25) is 21.8 Å². The molecule has 3 N–H and O–H groups in total. The third-order valence-electron chi connectivity index (χ3n) is 13.4. The Labute approximate surface area is 364 Å². The van der Waals surface area contributed by atoms with Crippen molar-refractivity contribution in [2.75, 3.05) is 18.6 Å². The van der Waals surface area contributed by atoms with Gasteiger partial charge in [0, 0.05) is 35.1 Å². The van der Waals surface area contributed by atoms with E-state index in [9.17, 15) is 49.5 Å². The fraction of sp³-hybridized carbons (Fsp3) is 0.643. The van der Waals surface area contributed by atoms with Crippen LogP contribution < -0.4 is 19.5 Å². The number of amides is 4. The van der Waals surface area contributed by atoms with Crippen molar-refractivity contribution < 1.29 is 63.8 Å². The molecule has 1 aromatic carbocycles. The molecule has 4 amide bonds. The van der Waals surface area contributed by atoms with E-state index in [-0.39, 0.29) is 56.6 Å². The number of carboxylic acid groups (broad SMARTS) is 1.